The molecule has 2 unspecified atom stereocenters. The van der Waals surface area contributed by atoms with Crippen LogP contribution < -0.4 is 5.32 Å². The van der Waals surface area contributed by atoms with Crippen LogP contribution in [0.15, 0.2) is 0 Å². The summed E-state index contributed by atoms with van der Waals surface area (Å²) in [6.45, 7) is 4.60. The van der Waals surface area contributed by atoms with E-state index in [0.717, 1.165) is 25.8 Å². The van der Waals surface area contributed by atoms with Gasteiger partial charge in [-0.3, -0.25) is 4.79 Å². The van der Waals surface area contributed by atoms with E-state index in [-0.39, 0.29) is 12.6 Å². The summed E-state index contributed by atoms with van der Waals surface area (Å²) in [6, 6.07) is -0.0248. The van der Waals surface area contributed by atoms with Gasteiger partial charge in [0, 0.05) is 6.04 Å². The molecule has 1 rings (SSSR count). The number of hydrogen-bond donors (Lipinski definition) is 1. The van der Waals surface area contributed by atoms with E-state index in [1.54, 1.807) is 6.92 Å². The molecule has 0 aromatic heterocycles. The summed E-state index contributed by atoms with van der Waals surface area (Å²) in [5.41, 5.74) is 0. The van der Waals surface area contributed by atoms with Crippen molar-refractivity contribution in [1.29, 1.82) is 0 Å². The molecule has 0 aliphatic heterocycles. The number of rotatable bonds is 6. The average Bonchev–Trinajstić information content (AvgIpc) is 2.29. The lowest BCUT2D eigenvalue weighted by atomic mass is 9.95. The zero-order chi connectivity index (χ0) is 13.6. The van der Waals surface area contributed by atoms with Crippen LogP contribution in [-0.2, 0) is 19.4 Å². The second-order valence-corrected chi connectivity index (χ2v) is 6.82. The highest BCUT2D eigenvalue weighted by Gasteiger charge is 2.36. The second-order valence-electron chi connectivity index (χ2n) is 4.60. The summed E-state index contributed by atoms with van der Waals surface area (Å²) in [4.78, 5) is 11.3. The molecule has 0 spiro atoms. The molecule has 6 heteroatoms. The summed E-state index contributed by atoms with van der Waals surface area (Å²) in [5, 5.41) is 2.77. The predicted octanol–water partition coefficient (Wildman–Crippen LogP) is 0.885. The van der Waals surface area contributed by atoms with Gasteiger partial charge in [-0.15, -0.1) is 0 Å². The van der Waals surface area contributed by atoms with Crippen LogP contribution in [0.1, 0.15) is 39.5 Å². The monoisotopic (exact) mass is 277 g/mol. The van der Waals surface area contributed by atoms with Gasteiger partial charge in [-0.2, -0.15) is 0 Å². The van der Waals surface area contributed by atoms with Crippen molar-refractivity contribution in [3.8, 4) is 0 Å². The van der Waals surface area contributed by atoms with Crippen LogP contribution >= 0.6 is 0 Å². The summed E-state index contributed by atoms with van der Waals surface area (Å²) in [5.74, 6) is -1.13. The van der Waals surface area contributed by atoms with Crippen LogP contribution in [0.25, 0.3) is 0 Å². The largest absolute Gasteiger partial charge is 0.465 e. The maximum atomic E-state index is 12.2. The molecule has 5 nitrogen and oxygen atoms in total. The molecule has 1 saturated carbocycles. The van der Waals surface area contributed by atoms with Gasteiger partial charge in [-0.1, -0.05) is 19.8 Å². The fraction of sp³-hybridized carbons (Fsp3) is 0.917. The molecule has 1 fully saturated rings. The molecule has 18 heavy (non-hydrogen) atoms. The van der Waals surface area contributed by atoms with E-state index in [9.17, 15) is 13.2 Å². The zero-order valence-corrected chi connectivity index (χ0v) is 12.0. The van der Waals surface area contributed by atoms with Crippen molar-refractivity contribution in [2.24, 2.45) is 0 Å². The van der Waals surface area contributed by atoms with Crippen LogP contribution in [-0.4, -0.2) is 44.6 Å². The highest BCUT2D eigenvalue weighted by molar-refractivity contribution is 7.92. The Labute approximate surface area is 109 Å². The van der Waals surface area contributed by atoms with Gasteiger partial charge in [0.15, 0.2) is 9.84 Å². The highest BCUT2D eigenvalue weighted by atomic mass is 32.2. The number of carbonyl (C=O) groups excluding carboxylic acids is 1. The second kappa shape index (κ2) is 7.09. The molecular weight excluding hydrogens is 254 g/mol. The lowest BCUT2D eigenvalue weighted by Gasteiger charge is -2.31. The van der Waals surface area contributed by atoms with Crippen molar-refractivity contribution in [2.75, 3.05) is 18.9 Å². The molecule has 1 aliphatic rings. The van der Waals surface area contributed by atoms with E-state index >= 15 is 0 Å². The molecule has 0 amide bonds. The third-order valence-electron chi connectivity index (χ3n) is 3.25. The number of carbonyl (C=O) groups is 1. The fourth-order valence-corrected chi connectivity index (χ4v) is 4.38. The molecule has 2 atom stereocenters. The third-order valence-corrected chi connectivity index (χ3v) is 5.38. The van der Waals surface area contributed by atoms with Crippen LogP contribution in [0.4, 0.5) is 0 Å². The average molecular weight is 277 g/mol. The van der Waals surface area contributed by atoms with Gasteiger partial charge < -0.3 is 10.1 Å². The Balaban J connectivity index is 2.71. The van der Waals surface area contributed by atoms with Gasteiger partial charge in [0.05, 0.1) is 11.9 Å². The van der Waals surface area contributed by atoms with Crippen LogP contribution in [0, 0.1) is 0 Å². The molecule has 1 N–H and O–H groups in total. The van der Waals surface area contributed by atoms with Crippen LogP contribution in [0.5, 0.6) is 0 Å². The van der Waals surface area contributed by atoms with Gasteiger partial charge in [-0.05, 0) is 26.3 Å². The van der Waals surface area contributed by atoms with Crippen LogP contribution in [0.3, 0.4) is 0 Å². The summed E-state index contributed by atoms with van der Waals surface area (Å²) < 4.78 is 29.2. The first-order chi connectivity index (χ1) is 8.51. The summed E-state index contributed by atoms with van der Waals surface area (Å²) in [7, 11) is -3.41. The van der Waals surface area contributed by atoms with Crippen molar-refractivity contribution >= 4 is 15.8 Å². The Hall–Kier alpha value is -0.620. The first-order valence-corrected chi connectivity index (χ1v) is 8.33. The van der Waals surface area contributed by atoms with E-state index in [1.165, 1.54) is 0 Å². The summed E-state index contributed by atoms with van der Waals surface area (Å²) in [6.07, 6.45) is 3.46. The smallest absolute Gasteiger partial charge is 0.321 e. The maximum Gasteiger partial charge on any atom is 0.321 e. The molecule has 0 bridgehead atoms. The standard InChI is InChI=1S/C12H23NO4S/c1-3-13-10-7-5-6-8-11(10)18(15,16)9-12(14)17-4-2/h10-11,13H,3-9H2,1-2H3. The Morgan fingerprint density at radius 3 is 2.56 bits per heavy atom. The normalized spacial score (nSPS) is 24.8. The molecule has 0 saturated heterocycles. The van der Waals surface area contributed by atoms with E-state index in [0.29, 0.717) is 6.42 Å². The van der Waals surface area contributed by atoms with E-state index in [2.05, 4.69) is 5.32 Å². The minimum absolute atomic E-state index is 0.0248. The first-order valence-electron chi connectivity index (χ1n) is 6.61. The van der Waals surface area contributed by atoms with Crippen molar-refractivity contribution < 1.29 is 17.9 Å². The fourth-order valence-electron chi connectivity index (χ4n) is 2.50. The van der Waals surface area contributed by atoms with Gasteiger partial charge in [-0.25, -0.2) is 8.42 Å². The van der Waals surface area contributed by atoms with E-state index < -0.39 is 26.8 Å². The van der Waals surface area contributed by atoms with E-state index in [1.807, 2.05) is 6.92 Å². The van der Waals surface area contributed by atoms with Crippen molar-refractivity contribution in [2.45, 2.75) is 50.8 Å². The van der Waals surface area contributed by atoms with Crippen LogP contribution in [0.2, 0.25) is 0 Å². The molecule has 0 radical (unpaired) electrons. The summed E-state index contributed by atoms with van der Waals surface area (Å²) >= 11 is 0. The molecule has 0 aromatic rings. The van der Waals surface area contributed by atoms with Gasteiger partial charge in [0.25, 0.3) is 0 Å². The number of hydrogen-bond acceptors (Lipinski definition) is 5. The molecule has 0 aromatic carbocycles. The molecule has 1 aliphatic carbocycles. The number of nitrogens with one attached hydrogen (secondary N) is 1. The lowest BCUT2D eigenvalue weighted by molar-refractivity contribution is -0.139. The number of sulfone groups is 1. The minimum Gasteiger partial charge on any atom is -0.465 e. The Morgan fingerprint density at radius 2 is 1.94 bits per heavy atom. The molecule has 0 heterocycles. The van der Waals surface area contributed by atoms with Gasteiger partial charge in [0.1, 0.15) is 5.75 Å². The number of esters is 1. The van der Waals surface area contributed by atoms with Gasteiger partial charge in [0.2, 0.25) is 0 Å². The Morgan fingerprint density at radius 1 is 1.28 bits per heavy atom. The van der Waals surface area contributed by atoms with Crippen molar-refractivity contribution in [3.05, 3.63) is 0 Å². The molecule has 106 valence electrons. The molecular formula is C12H23NO4S. The quantitative estimate of drug-likeness (QED) is 0.730. The van der Waals surface area contributed by atoms with Crippen molar-refractivity contribution in [3.63, 3.8) is 0 Å². The first kappa shape index (κ1) is 15.4. The lowest BCUT2D eigenvalue weighted by Crippen LogP contribution is -2.47. The highest BCUT2D eigenvalue weighted by Crippen LogP contribution is 2.25. The zero-order valence-electron chi connectivity index (χ0n) is 11.1. The topological polar surface area (TPSA) is 72.5 Å². The Bertz CT molecular complexity index is 364. The minimum atomic E-state index is -3.41. The van der Waals surface area contributed by atoms with E-state index in [4.69, 9.17) is 4.74 Å². The Kier molecular flexibility index (Phi) is 6.08. The maximum absolute atomic E-state index is 12.2. The van der Waals surface area contributed by atoms with Gasteiger partial charge >= 0.3 is 5.97 Å². The third kappa shape index (κ3) is 4.24. The predicted molar refractivity (Wildman–Crippen MR) is 70.1 cm³/mol. The number of ether oxygens (including phenoxy) is 1. The van der Waals surface area contributed by atoms with Crippen molar-refractivity contribution in [1.82, 2.24) is 5.32 Å². The SMILES string of the molecule is CCNC1CCCCC1S(=O)(=O)CC(=O)OCC.